The van der Waals surface area contributed by atoms with Crippen molar-refractivity contribution in [2.24, 2.45) is 0 Å². The zero-order valence-corrected chi connectivity index (χ0v) is 13.0. The molecule has 0 aliphatic heterocycles. The molecule has 1 rings (SSSR count). The zero-order chi connectivity index (χ0) is 14.5. The Bertz CT molecular complexity index is 401. The number of likely N-dealkylation sites (N-methyl/N-ethyl adjacent to an activating group) is 1. The van der Waals surface area contributed by atoms with Crippen molar-refractivity contribution in [2.75, 3.05) is 13.1 Å². The highest BCUT2D eigenvalue weighted by atomic mass is 16.3. The topological polar surface area (TPSA) is 28.4 Å². The summed E-state index contributed by atoms with van der Waals surface area (Å²) in [5.41, 5.74) is 1.33. The molecule has 0 amide bonds. The number of nitrogens with one attached hydrogen (secondary N) is 1. The molecule has 1 aromatic rings. The van der Waals surface area contributed by atoms with Gasteiger partial charge in [-0.3, -0.25) is 4.90 Å². The summed E-state index contributed by atoms with van der Waals surface area (Å²) in [4.78, 5) is 2.30. The third-order valence-electron chi connectivity index (χ3n) is 3.06. The predicted octanol–water partition coefficient (Wildman–Crippen LogP) is 3.48. The minimum Gasteiger partial charge on any atom is -0.463 e. The van der Waals surface area contributed by atoms with Crippen molar-refractivity contribution in [2.45, 2.75) is 53.2 Å². The minimum atomic E-state index is 0.109. The zero-order valence-electron chi connectivity index (χ0n) is 13.0. The van der Waals surface area contributed by atoms with E-state index in [0.29, 0.717) is 0 Å². The molecule has 1 aromatic heterocycles. The maximum atomic E-state index is 5.95. The molecule has 0 bridgehead atoms. The van der Waals surface area contributed by atoms with Gasteiger partial charge in [0.15, 0.2) is 0 Å². The largest absolute Gasteiger partial charge is 0.463 e. The van der Waals surface area contributed by atoms with Gasteiger partial charge < -0.3 is 9.73 Å². The summed E-state index contributed by atoms with van der Waals surface area (Å²) in [5, 5.41) is 3.46. The molecule has 3 heteroatoms. The summed E-state index contributed by atoms with van der Waals surface area (Å²) >= 11 is 0. The van der Waals surface area contributed by atoms with Gasteiger partial charge in [-0.15, -0.1) is 6.58 Å². The monoisotopic (exact) mass is 264 g/mol. The minimum absolute atomic E-state index is 0.109. The highest BCUT2D eigenvalue weighted by Gasteiger charge is 2.13. The number of nitrogens with zero attached hydrogens (tertiary/aromatic N) is 1. The van der Waals surface area contributed by atoms with Crippen molar-refractivity contribution in [3.05, 3.63) is 35.8 Å². The van der Waals surface area contributed by atoms with Crippen LogP contribution in [0.15, 0.2) is 23.1 Å². The van der Waals surface area contributed by atoms with Crippen molar-refractivity contribution in [3.63, 3.8) is 0 Å². The lowest BCUT2D eigenvalue weighted by Gasteiger charge is -2.20. The van der Waals surface area contributed by atoms with E-state index in [0.717, 1.165) is 37.7 Å². The van der Waals surface area contributed by atoms with Crippen LogP contribution in [0.25, 0.3) is 0 Å². The molecular formula is C16H28N2O. The highest BCUT2D eigenvalue weighted by Crippen LogP contribution is 2.17. The van der Waals surface area contributed by atoms with Crippen LogP contribution in [0.3, 0.4) is 0 Å². The van der Waals surface area contributed by atoms with E-state index in [1.807, 2.05) is 6.08 Å². The Labute approximate surface area is 117 Å². The van der Waals surface area contributed by atoms with E-state index >= 15 is 0 Å². The lowest BCUT2D eigenvalue weighted by atomic mass is 10.1. The van der Waals surface area contributed by atoms with Gasteiger partial charge in [-0.1, -0.05) is 13.0 Å². The van der Waals surface area contributed by atoms with E-state index in [-0.39, 0.29) is 5.54 Å². The quantitative estimate of drug-likeness (QED) is 0.764. The molecular weight excluding hydrogens is 236 g/mol. The molecule has 0 spiro atoms. The summed E-state index contributed by atoms with van der Waals surface area (Å²) < 4.78 is 5.95. The molecule has 19 heavy (non-hydrogen) atoms. The highest BCUT2D eigenvalue weighted by molar-refractivity contribution is 5.20. The van der Waals surface area contributed by atoms with Crippen LogP contribution in [0.1, 0.15) is 44.8 Å². The molecule has 0 saturated heterocycles. The van der Waals surface area contributed by atoms with Gasteiger partial charge in [0.1, 0.15) is 11.5 Å². The van der Waals surface area contributed by atoms with Gasteiger partial charge in [-0.25, -0.2) is 0 Å². The fourth-order valence-corrected chi connectivity index (χ4v) is 1.90. The van der Waals surface area contributed by atoms with E-state index in [4.69, 9.17) is 4.42 Å². The Hall–Kier alpha value is -1.06. The Kier molecular flexibility index (Phi) is 5.83. The Morgan fingerprint density at radius 3 is 2.63 bits per heavy atom. The summed E-state index contributed by atoms with van der Waals surface area (Å²) in [6.45, 7) is 18.1. The van der Waals surface area contributed by atoms with Gasteiger partial charge in [0.25, 0.3) is 0 Å². The number of hydrogen-bond donors (Lipinski definition) is 1. The van der Waals surface area contributed by atoms with Gasteiger partial charge in [-0.2, -0.15) is 0 Å². The van der Waals surface area contributed by atoms with Crippen LogP contribution in [-0.2, 0) is 13.1 Å². The molecule has 0 unspecified atom stereocenters. The van der Waals surface area contributed by atoms with Crippen molar-refractivity contribution in [1.29, 1.82) is 0 Å². The van der Waals surface area contributed by atoms with Crippen LogP contribution in [0.2, 0.25) is 0 Å². The summed E-state index contributed by atoms with van der Waals surface area (Å²) in [5.74, 6) is 2.08. The van der Waals surface area contributed by atoms with Crippen LogP contribution in [0.4, 0.5) is 0 Å². The maximum absolute atomic E-state index is 5.95. The second-order valence-corrected chi connectivity index (χ2v) is 6.04. The normalized spacial score (nSPS) is 12.1. The van der Waals surface area contributed by atoms with Crippen molar-refractivity contribution >= 4 is 0 Å². The third-order valence-corrected chi connectivity index (χ3v) is 3.06. The Morgan fingerprint density at radius 2 is 2.11 bits per heavy atom. The summed E-state index contributed by atoms with van der Waals surface area (Å²) in [6, 6.07) is 2.14. The number of hydrogen-bond acceptors (Lipinski definition) is 3. The molecule has 0 aromatic carbocycles. The van der Waals surface area contributed by atoms with E-state index in [9.17, 15) is 0 Å². The lowest BCUT2D eigenvalue weighted by Crippen LogP contribution is -2.35. The standard InChI is InChI=1S/C16H28N2O/c1-7-9-18(8-2)12-14-10-13(3)15(19-14)11-17-16(4,5)6/h7,10,17H,1,8-9,11-12H2,2-6H3. The first-order valence-corrected chi connectivity index (χ1v) is 7.02. The second kappa shape index (κ2) is 6.92. The van der Waals surface area contributed by atoms with Gasteiger partial charge in [0.05, 0.1) is 13.1 Å². The molecule has 0 aliphatic carbocycles. The third kappa shape index (κ3) is 5.62. The molecule has 1 heterocycles. The maximum Gasteiger partial charge on any atom is 0.120 e. The average Bonchev–Trinajstić information content (AvgIpc) is 2.65. The molecule has 0 fully saturated rings. The first kappa shape index (κ1) is 16.0. The molecule has 0 aliphatic rings. The van der Waals surface area contributed by atoms with E-state index in [1.54, 1.807) is 0 Å². The van der Waals surface area contributed by atoms with E-state index in [1.165, 1.54) is 5.56 Å². The van der Waals surface area contributed by atoms with Gasteiger partial charge in [0.2, 0.25) is 0 Å². The molecule has 1 N–H and O–H groups in total. The molecule has 0 radical (unpaired) electrons. The fourth-order valence-electron chi connectivity index (χ4n) is 1.90. The van der Waals surface area contributed by atoms with Crippen molar-refractivity contribution < 1.29 is 4.42 Å². The van der Waals surface area contributed by atoms with Crippen LogP contribution in [-0.4, -0.2) is 23.5 Å². The van der Waals surface area contributed by atoms with Gasteiger partial charge in [-0.05, 0) is 45.9 Å². The molecule has 3 nitrogen and oxygen atoms in total. The number of furan rings is 1. The molecule has 108 valence electrons. The van der Waals surface area contributed by atoms with Crippen LogP contribution in [0, 0.1) is 6.92 Å². The number of aryl methyl sites for hydroxylation is 1. The van der Waals surface area contributed by atoms with Gasteiger partial charge >= 0.3 is 0 Å². The predicted molar refractivity (Wildman–Crippen MR) is 81.2 cm³/mol. The summed E-state index contributed by atoms with van der Waals surface area (Å²) in [6.07, 6.45) is 1.93. The SMILES string of the molecule is C=CCN(CC)Cc1cc(C)c(CNC(C)(C)C)o1. The Balaban J connectivity index is 2.65. The number of rotatable bonds is 7. The lowest BCUT2D eigenvalue weighted by molar-refractivity contribution is 0.274. The smallest absolute Gasteiger partial charge is 0.120 e. The van der Waals surface area contributed by atoms with Crippen LogP contribution in [0.5, 0.6) is 0 Å². The second-order valence-electron chi connectivity index (χ2n) is 6.04. The van der Waals surface area contributed by atoms with E-state index < -0.39 is 0 Å². The first-order valence-electron chi connectivity index (χ1n) is 7.02. The average molecular weight is 264 g/mol. The molecule has 0 atom stereocenters. The van der Waals surface area contributed by atoms with Crippen LogP contribution >= 0.6 is 0 Å². The molecule has 0 saturated carbocycles. The first-order chi connectivity index (χ1) is 8.85. The fraction of sp³-hybridized carbons (Fsp3) is 0.625. The van der Waals surface area contributed by atoms with Crippen molar-refractivity contribution in [1.82, 2.24) is 10.2 Å². The Morgan fingerprint density at radius 1 is 1.42 bits per heavy atom. The van der Waals surface area contributed by atoms with E-state index in [2.05, 4.69) is 57.5 Å². The summed E-state index contributed by atoms with van der Waals surface area (Å²) in [7, 11) is 0. The van der Waals surface area contributed by atoms with Crippen molar-refractivity contribution in [3.8, 4) is 0 Å². The van der Waals surface area contributed by atoms with Gasteiger partial charge in [0, 0.05) is 12.1 Å². The van der Waals surface area contributed by atoms with Crippen LogP contribution < -0.4 is 5.32 Å².